The molecule has 20 heavy (non-hydrogen) atoms. The van der Waals surface area contributed by atoms with Crippen molar-refractivity contribution in [2.45, 2.75) is 32.7 Å². The standard InChI is InChI=1S/C15H22ClN3O/c1-3-19-8-6-12(7-9-19)17-15(20)18-13-4-5-14(16)11(2)10-13/h4-5,10,12H,3,6-9H2,1-2H3,(H2,17,18,20). The van der Waals surface area contributed by atoms with Gasteiger partial charge in [0.25, 0.3) is 0 Å². The van der Waals surface area contributed by atoms with E-state index < -0.39 is 0 Å². The van der Waals surface area contributed by atoms with Crippen molar-refractivity contribution in [3.63, 3.8) is 0 Å². The maximum atomic E-state index is 12.0. The lowest BCUT2D eigenvalue weighted by Gasteiger charge is -2.31. The van der Waals surface area contributed by atoms with Crippen molar-refractivity contribution >= 4 is 23.3 Å². The number of nitrogens with zero attached hydrogens (tertiary/aromatic N) is 1. The van der Waals surface area contributed by atoms with E-state index in [-0.39, 0.29) is 12.1 Å². The molecule has 2 rings (SSSR count). The molecule has 1 heterocycles. The fourth-order valence-electron chi connectivity index (χ4n) is 2.47. The highest BCUT2D eigenvalue weighted by Gasteiger charge is 2.19. The van der Waals surface area contributed by atoms with Crippen LogP contribution in [0, 0.1) is 6.92 Å². The number of anilines is 1. The van der Waals surface area contributed by atoms with Gasteiger partial charge in [-0.2, -0.15) is 0 Å². The number of halogens is 1. The molecular formula is C15H22ClN3O. The maximum Gasteiger partial charge on any atom is 0.319 e. The van der Waals surface area contributed by atoms with Crippen molar-refractivity contribution in [1.82, 2.24) is 10.2 Å². The molecule has 1 fully saturated rings. The van der Waals surface area contributed by atoms with Crippen molar-refractivity contribution < 1.29 is 4.79 Å². The molecule has 2 N–H and O–H groups in total. The quantitative estimate of drug-likeness (QED) is 0.899. The number of hydrogen-bond acceptors (Lipinski definition) is 2. The summed E-state index contributed by atoms with van der Waals surface area (Å²) in [5.41, 5.74) is 1.73. The van der Waals surface area contributed by atoms with Crippen molar-refractivity contribution in [2.75, 3.05) is 25.0 Å². The third-order valence-electron chi connectivity index (χ3n) is 3.79. The number of urea groups is 1. The van der Waals surface area contributed by atoms with E-state index >= 15 is 0 Å². The molecule has 0 bridgehead atoms. The van der Waals surface area contributed by atoms with Gasteiger partial charge in [-0.15, -0.1) is 0 Å². The van der Waals surface area contributed by atoms with Gasteiger partial charge in [-0.05, 0) is 50.1 Å². The van der Waals surface area contributed by atoms with Crippen LogP contribution in [0.15, 0.2) is 18.2 Å². The molecule has 0 aromatic heterocycles. The molecule has 1 aliphatic heterocycles. The average molecular weight is 296 g/mol. The Kier molecular flexibility index (Phi) is 5.26. The number of benzene rings is 1. The summed E-state index contributed by atoms with van der Waals surface area (Å²) in [6.45, 7) is 7.29. The first-order chi connectivity index (χ1) is 9.58. The van der Waals surface area contributed by atoms with Crippen molar-refractivity contribution in [3.05, 3.63) is 28.8 Å². The van der Waals surface area contributed by atoms with Crippen LogP contribution in [0.3, 0.4) is 0 Å². The van der Waals surface area contributed by atoms with E-state index in [4.69, 9.17) is 11.6 Å². The summed E-state index contributed by atoms with van der Waals surface area (Å²) in [4.78, 5) is 14.4. The number of aryl methyl sites for hydroxylation is 1. The van der Waals surface area contributed by atoms with Crippen LogP contribution in [0.1, 0.15) is 25.3 Å². The minimum Gasteiger partial charge on any atom is -0.335 e. The zero-order valence-electron chi connectivity index (χ0n) is 12.1. The normalized spacial score (nSPS) is 16.9. The molecule has 1 aromatic carbocycles. The number of carbonyl (C=O) groups is 1. The molecule has 0 aliphatic carbocycles. The van der Waals surface area contributed by atoms with Crippen LogP contribution in [0.5, 0.6) is 0 Å². The Morgan fingerprint density at radius 2 is 2.10 bits per heavy atom. The lowest BCUT2D eigenvalue weighted by atomic mass is 10.1. The second kappa shape index (κ2) is 6.95. The predicted octanol–water partition coefficient (Wildman–Crippen LogP) is 3.25. The summed E-state index contributed by atoms with van der Waals surface area (Å²) >= 11 is 5.97. The minimum absolute atomic E-state index is 0.137. The Morgan fingerprint density at radius 3 is 2.70 bits per heavy atom. The highest BCUT2D eigenvalue weighted by atomic mass is 35.5. The fraction of sp³-hybridized carbons (Fsp3) is 0.533. The number of amides is 2. The smallest absolute Gasteiger partial charge is 0.319 e. The molecule has 2 amide bonds. The van der Waals surface area contributed by atoms with Gasteiger partial charge < -0.3 is 15.5 Å². The van der Waals surface area contributed by atoms with Gasteiger partial charge >= 0.3 is 6.03 Å². The molecule has 0 unspecified atom stereocenters. The topological polar surface area (TPSA) is 44.4 Å². The number of rotatable bonds is 3. The summed E-state index contributed by atoms with van der Waals surface area (Å²) in [6.07, 6.45) is 2.03. The van der Waals surface area contributed by atoms with E-state index in [2.05, 4.69) is 22.5 Å². The first-order valence-corrected chi connectivity index (χ1v) is 7.52. The van der Waals surface area contributed by atoms with E-state index in [1.807, 2.05) is 19.1 Å². The second-order valence-electron chi connectivity index (χ2n) is 5.27. The first-order valence-electron chi connectivity index (χ1n) is 7.14. The molecule has 0 radical (unpaired) electrons. The van der Waals surface area contributed by atoms with Crippen LogP contribution in [0.25, 0.3) is 0 Å². The third-order valence-corrected chi connectivity index (χ3v) is 4.21. The minimum atomic E-state index is -0.137. The Labute approximate surface area is 125 Å². The van der Waals surface area contributed by atoms with Crippen molar-refractivity contribution in [2.24, 2.45) is 0 Å². The maximum absolute atomic E-state index is 12.0. The number of carbonyl (C=O) groups excluding carboxylic acids is 1. The zero-order valence-corrected chi connectivity index (χ0v) is 12.8. The molecule has 5 heteroatoms. The molecule has 1 aliphatic rings. The lowest BCUT2D eigenvalue weighted by molar-refractivity contribution is 0.203. The predicted molar refractivity (Wildman–Crippen MR) is 83.5 cm³/mol. The van der Waals surface area contributed by atoms with Gasteiger partial charge in [-0.3, -0.25) is 0 Å². The summed E-state index contributed by atoms with van der Waals surface area (Å²) in [6, 6.07) is 5.62. The van der Waals surface area contributed by atoms with Crippen LogP contribution in [-0.4, -0.2) is 36.6 Å². The van der Waals surface area contributed by atoms with E-state index in [1.54, 1.807) is 6.07 Å². The monoisotopic (exact) mass is 295 g/mol. The van der Waals surface area contributed by atoms with Crippen LogP contribution in [0.2, 0.25) is 5.02 Å². The second-order valence-corrected chi connectivity index (χ2v) is 5.68. The molecular weight excluding hydrogens is 274 g/mol. The van der Waals surface area contributed by atoms with Gasteiger partial charge in [0.1, 0.15) is 0 Å². The van der Waals surface area contributed by atoms with Crippen LogP contribution in [0.4, 0.5) is 10.5 Å². The largest absolute Gasteiger partial charge is 0.335 e. The zero-order chi connectivity index (χ0) is 14.5. The van der Waals surface area contributed by atoms with Gasteiger partial charge in [-0.25, -0.2) is 4.79 Å². The van der Waals surface area contributed by atoms with E-state index in [0.29, 0.717) is 5.02 Å². The Morgan fingerprint density at radius 1 is 1.40 bits per heavy atom. The van der Waals surface area contributed by atoms with Gasteiger partial charge in [-0.1, -0.05) is 18.5 Å². The van der Waals surface area contributed by atoms with Gasteiger partial charge in [0.15, 0.2) is 0 Å². The molecule has 0 spiro atoms. The Bertz CT molecular complexity index is 470. The lowest BCUT2D eigenvalue weighted by Crippen LogP contribution is -2.45. The van der Waals surface area contributed by atoms with E-state index in [0.717, 1.165) is 43.7 Å². The Balaban J connectivity index is 1.82. The molecule has 4 nitrogen and oxygen atoms in total. The van der Waals surface area contributed by atoms with Crippen LogP contribution >= 0.6 is 11.6 Å². The highest BCUT2D eigenvalue weighted by Crippen LogP contribution is 2.19. The van der Waals surface area contributed by atoms with Crippen LogP contribution in [-0.2, 0) is 0 Å². The first kappa shape index (κ1) is 15.1. The number of nitrogens with one attached hydrogen (secondary N) is 2. The Hall–Kier alpha value is -1.26. The van der Waals surface area contributed by atoms with E-state index in [9.17, 15) is 4.79 Å². The molecule has 0 atom stereocenters. The van der Waals surface area contributed by atoms with E-state index in [1.165, 1.54) is 0 Å². The van der Waals surface area contributed by atoms with Crippen molar-refractivity contribution in [3.8, 4) is 0 Å². The summed E-state index contributed by atoms with van der Waals surface area (Å²) < 4.78 is 0. The van der Waals surface area contributed by atoms with Gasteiger partial charge in [0.05, 0.1) is 0 Å². The average Bonchev–Trinajstić information content (AvgIpc) is 2.44. The van der Waals surface area contributed by atoms with Gasteiger partial charge in [0.2, 0.25) is 0 Å². The number of piperidine rings is 1. The highest BCUT2D eigenvalue weighted by molar-refractivity contribution is 6.31. The van der Waals surface area contributed by atoms with Gasteiger partial charge in [0, 0.05) is 29.8 Å². The number of likely N-dealkylation sites (tertiary alicyclic amines) is 1. The SMILES string of the molecule is CCN1CCC(NC(=O)Nc2ccc(Cl)c(C)c2)CC1. The number of hydrogen-bond donors (Lipinski definition) is 2. The van der Waals surface area contributed by atoms with Crippen LogP contribution < -0.4 is 10.6 Å². The summed E-state index contributed by atoms with van der Waals surface area (Å²) in [5, 5.41) is 6.61. The molecule has 110 valence electrons. The van der Waals surface area contributed by atoms with Crippen molar-refractivity contribution in [1.29, 1.82) is 0 Å². The summed E-state index contributed by atoms with van der Waals surface area (Å²) in [5.74, 6) is 0. The third kappa shape index (κ3) is 4.12. The molecule has 1 aromatic rings. The fourth-order valence-corrected chi connectivity index (χ4v) is 2.59. The molecule has 1 saturated heterocycles. The molecule has 0 saturated carbocycles. The summed E-state index contributed by atoms with van der Waals surface area (Å²) in [7, 11) is 0.